The molecule has 0 aromatic heterocycles. The molecule has 0 saturated heterocycles. The van der Waals surface area contributed by atoms with E-state index in [-0.39, 0.29) is 19.4 Å². The Morgan fingerprint density at radius 3 is 1.16 bits per heavy atom. The largest absolute Gasteiger partial charge is 0.469 e. The second-order valence-electron chi connectivity index (χ2n) is 16.4. The molecule has 0 spiro atoms. The molecule has 0 amide bonds. The Bertz CT molecular complexity index is 977. The van der Waals surface area contributed by atoms with E-state index >= 15 is 0 Å². The van der Waals surface area contributed by atoms with Gasteiger partial charge in [-0.15, -0.1) is 0 Å². The molecule has 0 rings (SSSR count). The highest BCUT2D eigenvalue weighted by molar-refractivity contribution is 7.46. The van der Waals surface area contributed by atoms with Crippen LogP contribution >= 0.6 is 7.82 Å². The third-order valence-electron chi connectivity index (χ3n) is 10.7. The van der Waals surface area contributed by atoms with E-state index < -0.39 is 32.5 Å². The Hall–Kier alpha value is -1.47. The number of hydrogen-bond donors (Lipinski definition) is 2. The van der Waals surface area contributed by atoms with Gasteiger partial charge in [-0.3, -0.25) is 14.1 Å². The van der Waals surface area contributed by atoms with E-state index in [1.807, 2.05) is 0 Å². The summed E-state index contributed by atoms with van der Waals surface area (Å²) in [4.78, 5) is 43.0. The highest BCUT2D eigenvalue weighted by Gasteiger charge is 2.23. The lowest BCUT2D eigenvalue weighted by atomic mass is 10.0. The number of ether oxygens (including phenoxy) is 2. The van der Waals surface area contributed by atoms with Gasteiger partial charge in [-0.25, -0.2) is 4.57 Å². The van der Waals surface area contributed by atoms with Crippen molar-refractivity contribution < 1.29 is 37.9 Å². The molecule has 2 N–H and O–H groups in total. The fourth-order valence-corrected chi connectivity index (χ4v) is 7.47. The van der Waals surface area contributed by atoms with Crippen molar-refractivity contribution in [1.82, 2.24) is 0 Å². The summed E-state index contributed by atoms with van der Waals surface area (Å²) in [5, 5.41) is 0. The maximum Gasteiger partial charge on any atom is 0.469 e. The first-order chi connectivity index (χ1) is 27.8. The lowest BCUT2D eigenvalue weighted by Crippen LogP contribution is -2.29. The molecule has 0 fully saturated rings. The Morgan fingerprint density at radius 2 is 0.789 bits per heavy atom. The van der Waals surface area contributed by atoms with Gasteiger partial charge in [0, 0.05) is 12.8 Å². The maximum absolute atomic E-state index is 12.5. The fraction of sp³-hybridized carbons (Fsp3) is 0.875. The molecule has 0 aliphatic carbocycles. The Labute approximate surface area is 351 Å². The molecule has 1 atom stereocenters. The number of hydrogen-bond acceptors (Lipinski definition) is 6. The van der Waals surface area contributed by atoms with Gasteiger partial charge in [-0.1, -0.05) is 218 Å². The third kappa shape index (κ3) is 47.1. The fourth-order valence-electron chi connectivity index (χ4n) is 7.11. The van der Waals surface area contributed by atoms with Gasteiger partial charge >= 0.3 is 19.8 Å². The van der Waals surface area contributed by atoms with Gasteiger partial charge in [-0.05, 0) is 44.9 Å². The molecule has 0 aliphatic heterocycles. The van der Waals surface area contributed by atoms with Crippen LogP contribution in [0.25, 0.3) is 0 Å². The summed E-state index contributed by atoms with van der Waals surface area (Å²) in [6.45, 7) is 3.71. The molecule has 8 nitrogen and oxygen atoms in total. The van der Waals surface area contributed by atoms with E-state index in [0.717, 1.165) is 44.9 Å². The van der Waals surface area contributed by atoms with Crippen LogP contribution in [0.1, 0.15) is 251 Å². The first kappa shape index (κ1) is 55.5. The van der Waals surface area contributed by atoms with Crippen LogP contribution in [0, 0.1) is 0 Å². The van der Waals surface area contributed by atoms with Gasteiger partial charge in [-0.2, -0.15) is 0 Å². The van der Waals surface area contributed by atoms with Crippen LogP contribution in [0.2, 0.25) is 0 Å². The number of carbonyl (C=O) groups is 2. The number of rotatable bonds is 45. The third-order valence-corrected chi connectivity index (χ3v) is 11.2. The summed E-state index contributed by atoms with van der Waals surface area (Å²) in [6, 6.07) is 0. The zero-order chi connectivity index (χ0) is 41.8. The van der Waals surface area contributed by atoms with Crippen molar-refractivity contribution in [2.45, 2.75) is 258 Å². The first-order valence-electron chi connectivity index (χ1n) is 24.1. The monoisotopic (exact) mass is 827 g/mol. The van der Waals surface area contributed by atoms with Crippen molar-refractivity contribution in [3.8, 4) is 0 Å². The predicted molar refractivity (Wildman–Crippen MR) is 239 cm³/mol. The average Bonchev–Trinajstić information content (AvgIpc) is 3.18. The van der Waals surface area contributed by atoms with Gasteiger partial charge in [0.25, 0.3) is 0 Å². The number of phosphoric ester groups is 1. The number of phosphoric acid groups is 1. The minimum Gasteiger partial charge on any atom is -0.462 e. The smallest absolute Gasteiger partial charge is 0.462 e. The highest BCUT2D eigenvalue weighted by atomic mass is 31.2. The van der Waals surface area contributed by atoms with Gasteiger partial charge in [0.2, 0.25) is 0 Å². The van der Waals surface area contributed by atoms with E-state index in [1.165, 1.54) is 173 Å². The topological polar surface area (TPSA) is 119 Å². The van der Waals surface area contributed by atoms with Crippen molar-refractivity contribution in [3.63, 3.8) is 0 Å². The van der Waals surface area contributed by atoms with Crippen LogP contribution < -0.4 is 0 Å². The number of esters is 2. The van der Waals surface area contributed by atoms with Crippen LogP contribution in [0.5, 0.6) is 0 Å². The van der Waals surface area contributed by atoms with Crippen LogP contribution in [0.15, 0.2) is 24.3 Å². The SMILES string of the molecule is CCCCCCC/C=C\C/C=C\CCCCCCCCCCCCCC(=O)OC(COC(=O)CCCCCCCCCCCCCCCCCC)COP(=O)(O)O. The molecule has 336 valence electrons. The Kier molecular flexibility index (Phi) is 43.0. The van der Waals surface area contributed by atoms with Crippen LogP contribution in [-0.4, -0.2) is 41.0 Å². The number of carbonyl (C=O) groups excluding carboxylic acids is 2. The molecular formula is C48H91O8P. The van der Waals surface area contributed by atoms with E-state index in [9.17, 15) is 14.2 Å². The maximum atomic E-state index is 12.5. The lowest BCUT2D eigenvalue weighted by Gasteiger charge is -2.18. The normalized spacial score (nSPS) is 12.6. The van der Waals surface area contributed by atoms with Crippen molar-refractivity contribution in [3.05, 3.63) is 24.3 Å². The summed E-state index contributed by atoms with van der Waals surface area (Å²) in [7, 11) is -4.75. The first-order valence-corrected chi connectivity index (χ1v) is 25.7. The van der Waals surface area contributed by atoms with Crippen molar-refractivity contribution >= 4 is 19.8 Å². The number of unbranched alkanes of at least 4 members (excludes halogenated alkanes) is 31. The second-order valence-corrected chi connectivity index (χ2v) is 17.7. The summed E-state index contributed by atoms with van der Waals surface area (Å²) in [5.74, 6) is -0.873. The summed E-state index contributed by atoms with van der Waals surface area (Å²) < 4.78 is 26.5. The van der Waals surface area contributed by atoms with E-state index in [4.69, 9.17) is 19.3 Å². The molecule has 0 aromatic rings. The van der Waals surface area contributed by atoms with Crippen molar-refractivity contribution in [2.75, 3.05) is 13.2 Å². The Morgan fingerprint density at radius 1 is 0.456 bits per heavy atom. The van der Waals surface area contributed by atoms with Crippen molar-refractivity contribution in [1.29, 1.82) is 0 Å². The molecular weight excluding hydrogens is 735 g/mol. The summed E-state index contributed by atoms with van der Waals surface area (Å²) in [5.41, 5.74) is 0. The van der Waals surface area contributed by atoms with E-state index in [1.54, 1.807) is 0 Å². The zero-order valence-electron chi connectivity index (χ0n) is 37.3. The summed E-state index contributed by atoms with van der Waals surface area (Å²) >= 11 is 0. The highest BCUT2D eigenvalue weighted by Crippen LogP contribution is 2.36. The average molecular weight is 827 g/mol. The van der Waals surface area contributed by atoms with Gasteiger partial charge in [0.05, 0.1) is 6.61 Å². The zero-order valence-corrected chi connectivity index (χ0v) is 38.1. The van der Waals surface area contributed by atoms with Crippen molar-refractivity contribution in [2.24, 2.45) is 0 Å². The predicted octanol–water partition coefficient (Wildman–Crippen LogP) is 15.1. The molecule has 1 unspecified atom stereocenters. The molecule has 0 heterocycles. The molecule has 9 heteroatoms. The number of allylic oxidation sites excluding steroid dienone is 4. The molecule has 57 heavy (non-hydrogen) atoms. The minimum absolute atomic E-state index is 0.213. The molecule has 0 radical (unpaired) electrons. The van der Waals surface area contributed by atoms with Gasteiger partial charge in [0.1, 0.15) is 6.61 Å². The van der Waals surface area contributed by atoms with Crippen LogP contribution in [-0.2, 0) is 28.2 Å². The quantitative estimate of drug-likeness (QED) is 0.0270. The van der Waals surface area contributed by atoms with Crippen LogP contribution in [0.3, 0.4) is 0 Å². The Balaban J connectivity index is 3.81. The van der Waals surface area contributed by atoms with Gasteiger partial charge in [0.15, 0.2) is 6.10 Å². The lowest BCUT2D eigenvalue weighted by molar-refractivity contribution is -0.161. The summed E-state index contributed by atoms with van der Waals surface area (Å²) in [6.07, 6.45) is 51.9. The molecule has 0 aliphatic rings. The molecule has 0 saturated carbocycles. The van der Waals surface area contributed by atoms with E-state index in [0.29, 0.717) is 6.42 Å². The molecule has 0 aromatic carbocycles. The van der Waals surface area contributed by atoms with Gasteiger partial charge < -0.3 is 19.3 Å². The van der Waals surface area contributed by atoms with Crippen LogP contribution in [0.4, 0.5) is 0 Å². The standard InChI is InChI=1S/C48H91O8P/c1-3-5-7-9-11-13-15-17-19-21-22-23-24-25-26-27-29-31-33-35-37-39-41-43-48(50)56-46(45-55-57(51,52)53)44-54-47(49)42-40-38-36-34-32-30-28-20-18-16-14-12-10-8-6-4-2/h15,17,21-22,46H,3-14,16,18-20,23-45H2,1-2H3,(H2,51,52,53)/b17-15-,22-21-. The van der Waals surface area contributed by atoms with E-state index in [2.05, 4.69) is 42.7 Å². The molecule has 0 bridgehead atoms. The second kappa shape index (κ2) is 44.1. The minimum atomic E-state index is -4.75.